The van der Waals surface area contributed by atoms with Crippen molar-refractivity contribution in [2.24, 2.45) is 5.16 Å². The van der Waals surface area contributed by atoms with E-state index in [0.717, 1.165) is 31.4 Å². The van der Waals surface area contributed by atoms with Crippen molar-refractivity contribution in [3.63, 3.8) is 0 Å². The van der Waals surface area contributed by atoms with E-state index in [-0.39, 0.29) is 16.8 Å². The quantitative estimate of drug-likeness (QED) is 0.0967. The number of alkyl halides is 1. The molecular formula is C26H23FN2O10S. The van der Waals surface area contributed by atoms with Gasteiger partial charge in [-0.05, 0) is 36.4 Å². The number of non-ortho nitro benzene ring substituents is 1. The normalized spacial score (nSPS) is 13.7. The lowest BCUT2D eigenvalue weighted by Gasteiger charge is -2.27. The zero-order chi connectivity index (χ0) is 29.1. The number of hydrogen-bond acceptors (Lipinski definition) is 11. The topological polar surface area (TPSA) is 161 Å². The highest BCUT2D eigenvalue weighted by molar-refractivity contribution is 7.86. The van der Waals surface area contributed by atoms with Crippen LogP contribution >= 0.6 is 0 Å². The van der Waals surface area contributed by atoms with Gasteiger partial charge in [0, 0.05) is 12.1 Å². The number of rotatable bonds is 13. The average molecular weight is 575 g/mol. The minimum atomic E-state index is -4.76. The molecule has 0 aromatic heterocycles. The lowest BCUT2D eigenvalue weighted by atomic mass is 10.1. The van der Waals surface area contributed by atoms with E-state index >= 15 is 4.39 Å². The van der Waals surface area contributed by atoms with Crippen LogP contribution in [0.5, 0.6) is 0 Å². The molecule has 14 heteroatoms. The van der Waals surface area contributed by atoms with E-state index in [2.05, 4.69) is 9.99 Å². The van der Waals surface area contributed by atoms with Gasteiger partial charge in [0.2, 0.25) is 0 Å². The van der Waals surface area contributed by atoms with Gasteiger partial charge in [-0.15, -0.1) is 0 Å². The number of nitro benzene ring substituents is 1. The van der Waals surface area contributed by atoms with Crippen molar-refractivity contribution >= 4 is 34.0 Å². The smallest absolute Gasteiger partial charge is 0.338 e. The first-order valence-electron chi connectivity index (χ1n) is 11.5. The third-order valence-corrected chi connectivity index (χ3v) is 6.57. The van der Waals surface area contributed by atoms with Crippen LogP contribution in [0.2, 0.25) is 0 Å². The number of carbonyl (C=O) groups is 2. The molecule has 0 unspecified atom stereocenters. The van der Waals surface area contributed by atoms with Gasteiger partial charge in [-0.2, -0.15) is 8.42 Å². The number of esters is 2. The molecular weight excluding hydrogens is 551 g/mol. The summed E-state index contributed by atoms with van der Waals surface area (Å²) in [6, 6.07) is 18.8. The number of carbonyl (C=O) groups excluding carboxylic acids is 2. The SMILES string of the molecule is CON=C[C@@H](F)[C@H](OC(=O)c1ccccc1)[C@@H](COC(=O)c1ccccc1)OS(=O)(=O)c1ccc([N+](=O)[O-])cc1. The second-order valence-electron chi connectivity index (χ2n) is 7.92. The first kappa shape index (κ1) is 29.9. The predicted octanol–water partition coefficient (Wildman–Crippen LogP) is 3.72. The standard InChI is InChI=1S/C26H23FN2O10S/c1-36-28-16-22(27)24(38-26(31)19-10-6-3-7-11-19)23(17-37-25(30)18-8-4-2-5-9-18)39-40(34,35)21-14-12-20(13-15-21)29(32)33/h2-16,22-24H,17H2,1H3/t22-,23-,24+/m1/s1. The summed E-state index contributed by atoms with van der Waals surface area (Å²) in [6.07, 6.45) is -5.63. The molecule has 3 rings (SSSR count). The van der Waals surface area contributed by atoms with Crippen molar-refractivity contribution in [3.05, 3.63) is 106 Å². The van der Waals surface area contributed by atoms with Crippen molar-refractivity contribution in [3.8, 4) is 0 Å². The van der Waals surface area contributed by atoms with Gasteiger partial charge in [0.25, 0.3) is 15.8 Å². The van der Waals surface area contributed by atoms with Crippen molar-refractivity contribution in [1.29, 1.82) is 0 Å². The Morgan fingerprint density at radius 1 is 0.950 bits per heavy atom. The highest BCUT2D eigenvalue weighted by Gasteiger charge is 2.39. The van der Waals surface area contributed by atoms with Gasteiger partial charge < -0.3 is 14.3 Å². The van der Waals surface area contributed by atoms with E-state index in [1.165, 1.54) is 36.4 Å². The van der Waals surface area contributed by atoms with Crippen LogP contribution in [-0.2, 0) is 28.6 Å². The largest absolute Gasteiger partial charge is 0.459 e. The van der Waals surface area contributed by atoms with Gasteiger partial charge in [0.05, 0.1) is 27.2 Å². The predicted molar refractivity (Wildman–Crippen MR) is 138 cm³/mol. The van der Waals surface area contributed by atoms with Crippen molar-refractivity contribution < 1.29 is 45.8 Å². The van der Waals surface area contributed by atoms with Crippen LogP contribution in [0.1, 0.15) is 20.7 Å². The first-order chi connectivity index (χ1) is 19.1. The van der Waals surface area contributed by atoms with Crippen LogP contribution in [0.3, 0.4) is 0 Å². The second-order valence-corrected chi connectivity index (χ2v) is 9.49. The van der Waals surface area contributed by atoms with Crippen molar-refractivity contribution in [1.82, 2.24) is 0 Å². The monoisotopic (exact) mass is 574 g/mol. The lowest BCUT2D eigenvalue weighted by molar-refractivity contribution is -0.384. The van der Waals surface area contributed by atoms with Gasteiger partial charge in [-0.3, -0.25) is 14.3 Å². The molecule has 0 radical (unpaired) electrons. The molecule has 0 N–H and O–H groups in total. The Kier molecular flexibility index (Phi) is 10.4. The van der Waals surface area contributed by atoms with Gasteiger partial charge in [0.15, 0.2) is 18.4 Å². The fourth-order valence-corrected chi connectivity index (χ4v) is 4.33. The maximum atomic E-state index is 15.4. The average Bonchev–Trinajstić information content (AvgIpc) is 2.97. The Hall–Kier alpha value is -4.69. The minimum Gasteiger partial charge on any atom is -0.459 e. The molecule has 0 heterocycles. The van der Waals surface area contributed by atoms with Crippen LogP contribution in [0.4, 0.5) is 10.1 Å². The molecule has 40 heavy (non-hydrogen) atoms. The Bertz CT molecular complexity index is 1440. The highest BCUT2D eigenvalue weighted by atomic mass is 32.2. The van der Waals surface area contributed by atoms with Crippen LogP contribution in [-0.4, -0.2) is 63.6 Å². The number of hydrogen-bond donors (Lipinski definition) is 0. The van der Waals surface area contributed by atoms with Gasteiger partial charge >= 0.3 is 11.9 Å². The molecule has 0 bridgehead atoms. The van der Waals surface area contributed by atoms with Crippen LogP contribution in [0.25, 0.3) is 0 Å². The Morgan fingerprint density at radius 3 is 2.02 bits per heavy atom. The molecule has 0 aliphatic rings. The summed E-state index contributed by atoms with van der Waals surface area (Å²) in [7, 11) is -3.63. The van der Waals surface area contributed by atoms with Crippen LogP contribution in [0, 0.1) is 10.1 Å². The Morgan fingerprint density at radius 2 is 1.50 bits per heavy atom. The maximum Gasteiger partial charge on any atom is 0.338 e. The number of benzene rings is 3. The summed E-state index contributed by atoms with van der Waals surface area (Å²) < 4.78 is 57.2. The number of ether oxygens (including phenoxy) is 2. The maximum absolute atomic E-state index is 15.4. The van der Waals surface area contributed by atoms with Crippen LogP contribution in [0.15, 0.2) is 95.0 Å². The molecule has 3 aromatic carbocycles. The van der Waals surface area contributed by atoms with Gasteiger partial charge in [0.1, 0.15) is 13.7 Å². The highest BCUT2D eigenvalue weighted by Crippen LogP contribution is 2.23. The van der Waals surface area contributed by atoms with Crippen LogP contribution < -0.4 is 0 Å². The van der Waals surface area contributed by atoms with E-state index in [9.17, 15) is 28.1 Å². The zero-order valence-corrected chi connectivity index (χ0v) is 21.7. The van der Waals surface area contributed by atoms with E-state index in [1.54, 1.807) is 24.3 Å². The van der Waals surface area contributed by atoms with E-state index in [4.69, 9.17) is 13.7 Å². The zero-order valence-electron chi connectivity index (χ0n) is 20.9. The number of halogens is 1. The fourth-order valence-electron chi connectivity index (χ4n) is 3.26. The molecule has 12 nitrogen and oxygen atoms in total. The molecule has 3 atom stereocenters. The molecule has 0 saturated carbocycles. The summed E-state index contributed by atoms with van der Waals surface area (Å²) in [5, 5.41) is 14.3. The molecule has 0 aliphatic heterocycles. The van der Waals surface area contributed by atoms with E-state index in [0.29, 0.717) is 6.21 Å². The molecule has 0 saturated heterocycles. The summed E-state index contributed by atoms with van der Waals surface area (Å²) in [5.41, 5.74) is -0.266. The number of nitrogens with zero attached hydrogens (tertiary/aromatic N) is 2. The van der Waals surface area contributed by atoms with Gasteiger partial charge in [-0.1, -0.05) is 41.6 Å². The van der Waals surface area contributed by atoms with Crippen molar-refractivity contribution in [2.45, 2.75) is 23.3 Å². The summed E-state index contributed by atoms with van der Waals surface area (Å²) in [5.74, 6) is -1.93. The molecule has 0 fully saturated rings. The Labute approximate surface area is 228 Å². The summed E-state index contributed by atoms with van der Waals surface area (Å²) >= 11 is 0. The van der Waals surface area contributed by atoms with Crippen molar-refractivity contribution in [2.75, 3.05) is 13.7 Å². The molecule has 0 spiro atoms. The second kappa shape index (κ2) is 13.9. The molecule has 3 aromatic rings. The Balaban J connectivity index is 1.96. The third-order valence-electron chi connectivity index (χ3n) is 5.22. The fraction of sp³-hybridized carbons (Fsp3) is 0.192. The van der Waals surface area contributed by atoms with E-state index in [1.807, 2.05) is 0 Å². The summed E-state index contributed by atoms with van der Waals surface area (Å²) in [4.78, 5) is 39.5. The van der Waals surface area contributed by atoms with E-state index < -0.39 is 56.9 Å². The molecule has 210 valence electrons. The minimum absolute atomic E-state index is 0.0154. The number of oxime groups is 1. The molecule has 0 aliphatic carbocycles. The molecule has 0 amide bonds. The first-order valence-corrected chi connectivity index (χ1v) is 12.9. The summed E-state index contributed by atoms with van der Waals surface area (Å²) in [6.45, 7) is -0.881. The van der Waals surface area contributed by atoms with Gasteiger partial charge in [-0.25, -0.2) is 14.0 Å². The number of nitro groups is 1. The lowest BCUT2D eigenvalue weighted by Crippen LogP contribution is -2.45. The third kappa shape index (κ3) is 8.15.